The molecule has 0 saturated carbocycles. The van der Waals surface area contributed by atoms with Crippen molar-refractivity contribution < 1.29 is 37.4 Å². The van der Waals surface area contributed by atoms with Crippen LogP contribution in [0.5, 0.6) is 5.75 Å². The van der Waals surface area contributed by atoms with Crippen molar-refractivity contribution in [3.63, 3.8) is 0 Å². The summed E-state index contributed by atoms with van der Waals surface area (Å²) in [5.74, 6) is -1.04. The first kappa shape index (κ1) is 25.8. The molecule has 0 bridgehead atoms. The number of cyclic esters (lactones) is 1. The summed E-state index contributed by atoms with van der Waals surface area (Å²) >= 11 is 0. The molecule has 194 valence electrons. The monoisotopic (exact) mass is 523 g/mol. The second kappa shape index (κ2) is 11.2. The number of hydrogen-bond acceptors (Lipinski definition) is 10. The number of benzene rings is 1. The normalized spacial score (nSPS) is 29.9. The van der Waals surface area contributed by atoms with E-state index in [0.717, 1.165) is 10.6 Å². The zero-order valence-corrected chi connectivity index (χ0v) is 20.3. The minimum absolute atomic E-state index is 0.0158. The van der Waals surface area contributed by atoms with Gasteiger partial charge in [-0.25, -0.2) is 9.36 Å². The van der Waals surface area contributed by atoms with Crippen molar-refractivity contribution in [1.29, 1.82) is 0 Å². The van der Waals surface area contributed by atoms with E-state index in [-0.39, 0.29) is 38.2 Å². The van der Waals surface area contributed by atoms with Crippen molar-refractivity contribution >= 4 is 19.7 Å². The predicted octanol–water partition coefficient (Wildman–Crippen LogP) is 1.25. The van der Waals surface area contributed by atoms with Gasteiger partial charge in [-0.3, -0.25) is 28.5 Å². The van der Waals surface area contributed by atoms with Gasteiger partial charge < -0.3 is 18.7 Å². The fourth-order valence-electron chi connectivity index (χ4n) is 3.71. The number of ether oxygens (including phenoxy) is 3. The number of aromatic amines is 1. The van der Waals surface area contributed by atoms with Crippen LogP contribution < -0.4 is 20.9 Å². The molecular weight excluding hydrogens is 497 g/mol. The highest BCUT2D eigenvalue weighted by atomic mass is 31.2. The minimum atomic E-state index is -4.17. The van der Waals surface area contributed by atoms with E-state index in [0.29, 0.717) is 0 Å². The van der Waals surface area contributed by atoms with Crippen LogP contribution in [0.1, 0.15) is 32.4 Å². The van der Waals surface area contributed by atoms with Gasteiger partial charge in [0.2, 0.25) is 0 Å². The molecular formula is C22H26N3O10P. The summed E-state index contributed by atoms with van der Waals surface area (Å²) in [4.78, 5) is 50.5. The van der Waals surface area contributed by atoms with Gasteiger partial charge in [-0.2, -0.15) is 5.09 Å². The summed E-state index contributed by atoms with van der Waals surface area (Å²) in [6.07, 6.45) is -1.12. The molecule has 1 aromatic heterocycles. The minimum Gasteiger partial charge on any atom is -0.465 e. The number of carbonyl (C=O) groups is 2. The number of esters is 2. The number of nitrogens with one attached hydrogen (secondary N) is 2. The second-order valence-corrected chi connectivity index (χ2v) is 9.92. The fourth-order valence-corrected chi connectivity index (χ4v) is 5.22. The number of aromatic nitrogens is 2. The van der Waals surface area contributed by atoms with Gasteiger partial charge in [-0.1, -0.05) is 18.2 Å². The summed E-state index contributed by atoms with van der Waals surface area (Å²) in [6, 6.07) is 8.32. The largest absolute Gasteiger partial charge is 0.465 e. The predicted molar refractivity (Wildman–Crippen MR) is 123 cm³/mol. The van der Waals surface area contributed by atoms with E-state index in [9.17, 15) is 23.7 Å². The van der Waals surface area contributed by atoms with Crippen molar-refractivity contribution in [1.82, 2.24) is 14.6 Å². The van der Waals surface area contributed by atoms with Gasteiger partial charge in [-0.05, 0) is 25.5 Å². The Hall–Kier alpha value is -3.25. The van der Waals surface area contributed by atoms with E-state index in [1.54, 1.807) is 30.3 Å². The highest BCUT2D eigenvalue weighted by Gasteiger charge is 2.42. The summed E-state index contributed by atoms with van der Waals surface area (Å²) < 4.78 is 42.6. The number of para-hydroxylation sites is 1. The summed E-state index contributed by atoms with van der Waals surface area (Å²) in [5.41, 5.74) is -1.27. The Bertz CT molecular complexity index is 1250. The van der Waals surface area contributed by atoms with E-state index in [2.05, 4.69) is 10.1 Å². The molecule has 2 aliphatic rings. The molecule has 2 aromatic rings. The average molecular weight is 523 g/mol. The third-order valence-electron chi connectivity index (χ3n) is 5.48. The van der Waals surface area contributed by atoms with Gasteiger partial charge in [0, 0.05) is 25.1 Å². The van der Waals surface area contributed by atoms with E-state index >= 15 is 0 Å². The Morgan fingerprint density at radius 1 is 1.08 bits per heavy atom. The fraction of sp³-hybridized carbons (Fsp3) is 0.455. The van der Waals surface area contributed by atoms with Crippen LogP contribution >= 0.6 is 7.75 Å². The molecule has 4 rings (SSSR count). The van der Waals surface area contributed by atoms with E-state index in [4.69, 9.17) is 23.3 Å². The van der Waals surface area contributed by atoms with Crippen LogP contribution in [-0.2, 0) is 32.9 Å². The van der Waals surface area contributed by atoms with Crippen molar-refractivity contribution in [3.8, 4) is 5.75 Å². The topological polar surface area (TPSA) is 164 Å². The van der Waals surface area contributed by atoms with Crippen LogP contribution in [0, 0.1) is 0 Å². The molecule has 0 aliphatic carbocycles. The summed E-state index contributed by atoms with van der Waals surface area (Å²) in [6.45, 7) is 1.02. The van der Waals surface area contributed by atoms with Crippen LogP contribution in [0.2, 0.25) is 0 Å². The zero-order valence-electron chi connectivity index (χ0n) is 19.4. The number of H-pyrrole nitrogens is 1. The first-order chi connectivity index (χ1) is 17.2. The highest BCUT2D eigenvalue weighted by Crippen LogP contribution is 2.46. The van der Waals surface area contributed by atoms with Gasteiger partial charge in [0.1, 0.15) is 30.2 Å². The quantitative estimate of drug-likeness (QED) is 0.439. The maximum Gasteiger partial charge on any atom is 0.459 e. The van der Waals surface area contributed by atoms with E-state index < -0.39 is 55.4 Å². The van der Waals surface area contributed by atoms with Gasteiger partial charge in [0.05, 0.1) is 13.2 Å². The van der Waals surface area contributed by atoms with Crippen molar-refractivity contribution in [3.05, 3.63) is 63.4 Å². The first-order valence-electron chi connectivity index (χ1n) is 11.3. The van der Waals surface area contributed by atoms with Crippen LogP contribution in [0.4, 0.5) is 0 Å². The van der Waals surface area contributed by atoms with Gasteiger partial charge >= 0.3 is 25.4 Å². The third-order valence-corrected chi connectivity index (χ3v) is 7.12. The number of hydrogen-bond donors (Lipinski definition) is 2. The molecule has 36 heavy (non-hydrogen) atoms. The third kappa shape index (κ3) is 6.49. The average Bonchev–Trinajstić information content (AvgIpc) is 3.22. The molecule has 5 atom stereocenters. The zero-order chi connectivity index (χ0) is 25.7. The lowest BCUT2D eigenvalue weighted by atomic mass is 10.2. The molecule has 0 spiro atoms. The summed E-state index contributed by atoms with van der Waals surface area (Å²) in [7, 11) is -4.17. The molecule has 2 N–H and O–H groups in total. The lowest BCUT2D eigenvalue weighted by Gasteiger charge is -2.25. The molecule has 3 heterocycles. The Morgan fingerprint density at radius 2 is 1.86 bits per heavy atom. The van der Waals surface area contributed by atoms with E-state index in [1.807, 2.05) is 0 Å². The number of carbonyl (C=O) groups excluding carboxylic acids is 2. The van der Waals surface area contributed by atoms with Crippen molar-refractivity contribution in [2.75, 3.05) is 13.2 Å². The molecule has 14 heteroatoms. The molecule has 2 aliphatic heterocycles. The number of rotatable bonds is 3. The Kier molecular flexibility index (Phi) is 8.04. The SMILES string of the molecule is C[C@@H]1N[P@@](=O)(Oc2ccccc2)OC[C@H]2O[C@@H](n3ccc(=O)[nH]c3=O)C[C@@H]2OC(=O)CCCOC1=O. The van der Waals surface area contributed by atoms with Crippen molar-refractivity contribution in [2.45, 2.75) is 50.7 Å². The molecule has 0 radical (unpaired) electrons. The maximum absolute atomic E-state index is 13.6. The maximum atomic E-state index is 13.6. The first-order valence-corrected chi connectivity index (χ1v) is 12.9. The van der Waals surface area contributed by atoms with Gasteiger partial charge in [-0.15, -0.1) is 0 Å². The summed E-state index contributed by atoms with van der Waals surface area (Å²) in [5, 5.41) is 2.57. The van der Waals surface area contributed by atoms with Gasteiger partial charge in [0.25, 0.3) is 5.56 Å². The van der Waals surface area contributed by atoms with Crippen LogP contribution in [0.25, 0.3) is 0 Å². The lowest BCUT2D eigenvalue weighted by Crippen LogP contribution is -2.37. The second-order valence-electron chi connectivity index (χ2n) is 8.23. The lowest BCUT2D eigenvalue weighted by molar-refractivity contribution is -0.155. The molecule has 2 saturated heterocycles. The number of nitrogens with zero attached hydrogens (tertiary/aromatic N) is 1. The number of fused-ring (bicyclic) bond motifs is 1. The van der Waals surface area contributed by atoms with Gasteiger partial charge in [0.15, 0.2) is 0 Å². The Labute approximate surface area is 205 Å². The van der Waals surface area contributed by atoms with Crippen LogP contribution in [0.15, 0.2) is 52.2 Å². The van der Waals surface area contributed by atoms with E-state index in [1.165, 1.54) is 13.1 Å². The van der Waals surface area contributed by atoms with Crippen LogP contribution in [0.3, 0.4) is 0 Å². The van der Waals surface area contributed by atoms with Crippen molar-refractivity contribution in [2.24, 2.45) is 0 Å². The molecule has 13 nitrogen and oxygen atoms in total. The smallest absolute Gasteiger partial charge is 0.459 e. The highest BCUT2D eigenvalue weighted by molar-refractivity contribution is 7.52. The molecule has 0 amide bonds. The Balaban J connectivity index is 1.59. The van der Waals surface area contributed by atoms with Crippen LogP contribution in [-0.4, -0.2) is 53.0 Å². The molecule has 2 fully saturated rings. The molecule has 0 unspecified atom stereocenters. The standard InChI is InChI=1S/C22H26N3O10P/c1-14-21(28)31-11-5-8-20(27)34-16-12-19(25-10-9-18(26)23-22(25)29)33-17(16)13-32-36(30,24-14)35-15-6-3-2-4-7-15/h2-4,6-7,9-10,14,16-17,19H,5,8,11-13H2,1H3,(H,24,30)(H,23,26,29)/t14-,16-,17+,19+,36-/m0/s1. The molecule has 1 aromatic carbocycles. The Morgan fingerprint density at radius 3 is 2.61 bits per heavy atom.